The van der Waals surface area contributed by atoms with Gasteiger partial charge >= 0.3 is 6.03 Å². The van der Waals surface area contributed by atoms with Gasteiger partial charge in [-0.1, -0.05) is 18.2 Å². The monoisotopic (exact) mass is 337 g/mol. The number of carbonyl (C=O) groups excluding carboxylic acids is 2. The average molecular weight is 337 g/mol. The maximum atomic E-state index is 12.3. The van der Waals surface area contributed by atoms with Crippen LogP contribution in [0.25, 0.3) is 11.0 Å². The lowest BCUT2D eigenvalue weighted by molar-refractivity contribution is -0.115. The van der Waals surface area contributed by atoms with E-state index < -0.39 is 6.03 Å². The van der Waals surface area contributed by atoms with Crippen LogP contribution in [0.1, 0.15) is 16.7 Å². The Morgan fingerprint density at radius 2 is 1.80 bits per heavy atom. The fourth-order valence-corrected chi connectivity index (χ4v) is 2.72. The van der Waals surface area contributed by atoms with E-state index in [9.17, 15) is 9.59 Å². The third kappa shape index (κ3) is 3.63. The molecule has 1 heterocycles. The van der Waals surface area contributed by atoms with Gasteiger partial charge in [0.15, 0.2) is 0 Å². The molecule has 128 valence electrons. The van der Waals surface area contributed by atoms with Crippen LogP contribution in [0, 0.1) is 13.8 Å². The van der Waals surface area contributed by atoms with E-state index in [2.05, 4.69) is 10.6 Å². The van der Waals surface area contributed by atoms with Crippen molar-refractivity contribution in [2.75, 3.05) is 10.6 Å². The normalized spacial score (nSPS) is 10.6. The molecule has 6 nitrogen and oxygen atoms in total. The maximum Gasteiger partial charge on any atom is 0.316 e. The smallest absolute Gasteiger partial charge is 0.316 e. The fraction of sp³-hybridized carbons (Fsp3) is 0.158. The number of carbonyl (C=O) groups is 2. The number of benzene rings is 2. The molecular formula is C19H19N3O3. The first kappa shape index (κ1) is 16.6. The summed E-state index contributed by atoms with van der Waals surface area (Å²) in [6, 6.07) is 10.1. The number of anilines is 2. The van der Waals surface area contributed by atoms with Crippen molar-refractivity contribution in [3.63, 3.8) is 0 Å². The Morgan fingerprint density at radius 1 is 1.08 bits per heavy atom. The quantitative estimate of drug-likeness (QED) is 0.677. The molecule has 0 unspecified atom stereocenters. The summed E-state index contributed by atoms with van der Waals surface area (Å²) in [5.41, 5.74) is 10.1. The van der Waals surface area contributed by atoms with Crippen LogP contribution in [0.15, 0.2) is 47.1 Å². The summed E-state index contributed by atoms with van der Waals surface area (Å²) in [5.74, 6) is -0.169. The highest BCUT2D eigenvalue weighted by molar-refractivity contribution is 5.96. The Balaban J connectivity index is 1.75. The van der Waals surface area contributed by atoms with Crippen LogP contribution in [0.5, 0.6) is 0 Å². The molecule has 0 saturated heterocycles. The van der Waals surface area contributed by atoms with Gasteiger partial charge in [0.25, 0.3) is 0 Å². The van der Waals surface area contributed by atoms with E-state index in [-0.39, 0.29) is 12.3 Å². The van der Waals surface area contributed by atoms with Gasteiger partial charge in [0.05, 0.1) is 12.7 Å². The van der Waals surface area contributed by atoms with E-state index in [1.54, 1.807) is 30.5 Å². The highest BCUT2D eigenvalue weighted by atomic mass is 16.3. The first-order valence-corrected chi connectivity index (χ1v) is 7.86. The van der Waals surface area contributed by atoms with Gasteiger partial charge in [-0.3, -0.25) is 4.79 Å². The minimum absolute atomic E-state index is 0.169. The van der Waals surface area contributed by atoms with Crippen LogP contribution in [0.2, 0.25) is 0 Å². The van der Waals surface area contributed by atoms with Crippen molar-refractivity contribution in [2.24, 2.45) is 5.73 Å². The van der Waals surface area contributed by atoms with E-state index >= 15 is 0 Å². The molecule has 1 aromatic heterocycles. The number of aryl methyl sites for hydroxylation is 2. The molecule has 0 atom stereocenters. The lowest BCUT2D eigenvalue weighted by Gasteiger charge is -2.07. The number of fused-ring (bicyclic) bond motifs is 1. The number of hydrogen-bond acceptors (Lipinski definition) is 3. The molecule has 6 heteroatoms. The summed E-state index contributed by atoms with van der Waals surface area (Å²) in [6.07, 6.45) is 1.82. The molecule has 0 fully saturated rings. The summed E-state index contributed by atoms with van der Waals surface area (Å²) in [4.78, 5) is 23.2. The molecule has 0 bridgehead atoms. The van der Waals surface area contributed by atoms with Crippen molar-refractivity contribution in [1.29, 1.82) is 0 Å². The van der Waals surface area contributed by atoms with Gasteiger partial charge in [-0.15, -0.1) is 0 Å². The number of amides is 3. The molecular weight excluding hydrogens is 318 g/mol. The van der Waals surface area contributed by atoms with Gasteiger partial charge < -0.3 is 20.8 Å². The zero-order valence-corrected chi connectivity index (χ0v) is 14.1. The molecule has 0 aliphatic rings. The molecule has 0 aliphatic heterocycles. The average Bonchev–Trinajstić information content (AvgIpc) is 2.94. The minimum atomic E-state index is -0.654. The van der Waals surface area contributed by atoms with Crippen LogP contribution in [0.4, 0.5) is 16.2 Å². The summed E-state index contributed by atoms with van der Waals surface area (Å²) in [6.45, 7) is 4.03. The van der Waals surface area contributed by atoms with Crippen LogP contribution in [-0.2, 0) is 11.2 Å². The van der Waals surface area contributed by atoms with Gasteiger partial charge in [-0.05, 0) is 43.2 Å². The predicted molar refractivity (Wildman–Crippen MR) is 97.7 cm³/mol. The van der Waals surface area contributed by atoms with Crippen LogP contribution >= 0.6 is 0 Å². The molecule has 0 aliphatic carbocycles. The number of nitrogens with one attached hydrogen (secondary N) is 2. The van der Waals surface area contributed by atoms with Gasteiger partial charge in [0.2, 0.25) is 5.91 Å². The molecule has 0 radical (unpaired) electrons. The van der Waals surface area contributed by atoms with Gasteiger partial charge in [-0.25, -0.2) is 4.79 Å². The Morgan fingerprint density at radius 3 is 2.52 bits per heavy atom. The lowest BCUT2D eigenvalue weighted by atomic mass is 10.0. The first-order chi connectivity index (χ1) is 11.9. The highest BCUT2D eigenvalue weighted by Gasteiger charge is 2.13. The Labute approximate surface area is 145 Å². The van der Waals surface area contributed by atoms with Crippen LogP contribution in [-0.4, -0.2) is 11.9 Å². The molecule has 3 amide bonds. The van der Waals surface area contributed by atoms with Crippen molar-refractivity contribution in [2.45, 2.75) is 20.3 Å². The second-order valence-corrected chi connectivity index (χ2v) is 5.94. The van der Waals surface area contributed by atoms with Gasteiger partial charge in [0.1, 0.15) is 5.58 Å². The van der Waals surface area contributed by atoms with E-state index in [4.69, 9.17) is 10.2 Å². The maximum absolute atomic E-state index is 12.3. The zero-order chi connectivity index (χ0) is 18.0. The second kappa shape index (κ2) is 6.68. The van der Waals surface area contributed by atoms with Crippen LogP contribution in [0.3, 0.4) is 0 Å². The molecule has 25 heavy (non-hydrogen) atoms. The number of rotatable bonds is 4. The number of nitrogens with two attached hydrogens (primary N) is 1. The van der Waals surface area contributed by atoms with Gasteiger partial charge in [0, 0.05) is 22.3 Å². The van der Waals surface area contributed by atoms with Gasteiger partial charge in [-0.2, -0.15) is 0 Å². The molecule has 3 aromatic rings. The lowest BCUT2D eigenvalue weighted by Crippen LogP contribution is -2.19. The topological polar surface area (TPSA) is 97.4 Å². The molecule has 0 saturated carbocycles. The van der Waals surface area contributed by atoms with E-state index in [1.807, 2.05) is 26.0 Å². The summed E-state index contributed by atoms with van der Waals surface area (Å²) >= 11 is 0. The minimum Gasteiger partial charge on any atom is -0.464 e. The Kier molecular flexibility index (Phi) is 4.43. The van der Waals surface area contributed by atoms with Crippen molar-refractivity contribution in [3.05, 3.63) is 59.4 Å². The number of furan rings is 1. The predicted octanol–water partition coefficient (Wildman–Crippen LogP) is 3.72. The highest BCUT2D eigenvalue weighted by Crippen LogP contribution is 2.27. The molecule has 4 N–H and O–H groups in total. The van der Waals surface area contributed by atoms with Crippen molar-refractivity contribution < 1.29 is 14.0 Å². The third-order valence-electron chi connectivity index (χ3n) is 4.11. The molecule has 3 rings (SSSR count). The molecule has 0 spiro atoms. The van der Waals surface area contributed by atoms with Crippen LogP contribution < -0.4 is 16.4 Å². The standard InChI is InChI=1S/C19H19N3O3/c1-11-6-7-16-13(10-25-18(16)12(11)2)8-17(23)21-14-4-3-5-15(9-14)22-19(20)24/h3-7,9-10H,8H2,1-2H3,(H,21,23)(H3,20,22,24). The first-order valence-electron chi connectivity index (χ1n) is 7.86. The fourth-order valence-electron chi connectivity index (χ4n) is 2.72. The number of hydrogen-bond donors (Lipinski definition) is 3. The Bertz CT molecular complexity index is 960. The van der Waals surface area contributed by atoms with E-state index in [1.165, 1.54) is 0 Å². The zero-order valence-electron chi connectivity index (χ0n) is 14.1. The summed E-state index contributed by atoms with van der Waals surface area (Å²) < 4.78 is 5.63. The number of urea groups is 1. The summed E-state index contributed by atoms with van der Waals surface area (Å²) in [5, 5.41) is 6.23. The SMILES string of the molecule is Cc1ccc2c(CC(=O)Nc3cccc(NC(N)=O)c3)coc2c1C. The largest absolute Gasteiger partial charge is 0.464 e. The van der Waals surface area contributed by atoms with E-state index in [0.717, 1.165) is 27.7 Å². The second-order valence-electron chi connectivity index (χ2n) is 5.94. The third-order valence-corrected chi connectivity index (χ3v) is 4.11. The van der Waals surface area contributed by atoms with Crippen molar-refractivity contribution in [1.82, 2.24) is 0 Å². The number of primary amides is 1. The van der Waals surface area contributed by atoms with Crippen molar-refractivity contribution in [3.8, 4) is 0 Å². The molecule has 2 aromatic carbocycles. The van der Waals surface area contributed by atoms with Crippen molar-refractivity contribution >= 4 is 34.3 Å². The van der Waals surface area contributed by atoms with E-state index in [0.29, 0.717) is 11.4 Å². The Hall–Kier alpha value is -3.28. The summed E-state index contributed by atoms with van der Waals surface area (Å²) in [7, 11) is 0.